The molecule has 0 heteroatoms. The minimum atomic E-state index is 0.577. The molecule has 0 radical (unpaired) electrons. The molecule has 0 nitrogen and oxygen atoms in total. The molecule has 1 aliphatic rings. The molecular formula is C12H24. The lowest BCUT2D eigenvalue weighted by molar-refractivity contribution is 0.0522. The second kappa shape index (κ2) is 3.40. The first kappa shape index (κ1) is 10.1. The highest BCUT2D eigenvalue weighted by Gasteiger charge is 2.37. The van der Waals surface area contributed by atoms with Crippen LogP contribution in [0.15, 0.2) is 0 Å². The summed E-state index contributed by atoms with van der Waals surface area (Å²) in [5.74, 6) is 3.00. The normalized spacial score (nSPS) is 36.2. The van der Waals surface area contributed by atoms with Gasteiger partial charge in [0.2, 0.25) is 0 Å². The van der Waals surface area contributed by atoms with E-state index in [9.17, 15) is 0 Å². The Balaban J connectivity index is 2.40. The van der Waals surface area contributed by atoms with Gasteiger partial charge in [0.05, 0.1) is 0 Å². The highest BCUT2D eigenvalue weighted by molar-refractivity contribution is 4.87. The van der Waals surface area contributed by atoms with Crippen LogP contribution in [0.25, 0.3) is 0 Å². The first-order valence-electron chi connectivity index (χ1n) is 5.46. The fourth-order valence-electron chi connectivity index (χ4n) is 2.49. The third-order valence-corrected chi connectivity index (χ3v) is 3.95. The van der Waals surface area contributed by atoms with Crippen LogP contribution in [0.1, 0.15) is 53.9 Å². The van der Waals surface area contributed by atoms with Crippen molar-refractivity contribution in [2.75, 3.05) is 0 Å². The third-order valence-electron chi connectivity index (χ3n) is 3.95. The van der Waals surface area contributed by atoms with Crippen molar-refractivity contribution in [2.45, 2.75) is 53.9 Å². The minimum absolute atomic E-state index is 0.577. The summed E-state index contributed by atoms with van der Waals surface area (Å²) in [6, 6.07) is 0. The van der Waals surface area contributed by atoms with Crippen molar-refractivity contribution in [1.29, 1.82) is 0 Å². The van der Waals surface area contributed by atoms with Crippen LogP contribution in [0, 0.1) is 23.2 Å². The van der Waals surface area contributed by atoms with Crippen molar-refractivity contribution < 1.29 is 0 Å². The van der Waals surface area contributed by atoms with Gasteiger partial charge in [0.15, 0.2) is 0 Å². The predicted molar refractivity (Wildman–Crippen MR) is 55.1 cm³/mol. The van der Waals surface area contributed by atoms with E-state index in [1.54, 1.807) is 0 Å². The van der Waals surface area contributed by atoms with Crippen molar-refractivity contribution in [2.24, 2.45) is 23.2 Å². The topological polar surface area (TPSA) is 0 Å². The lowest BCUT2D eigenvalue weighted by Crippen LogP contribution is -2.36. The van der Waals surface area contributed by atoms with E-state index in [4.69, 9.17) is 0 Å². The van der Waals surface area contributed by atoms with E-state index < -0.39 is 0 Å². The maximum Gasteiger partial charge on any atom is -0.0354 e. The van der Waals surface area contributed by atoms with Crippen LogP contribution in [-0.2, 0) is 0 Å². The molecule has 0 aromatic carbocycles. The van der Waals surface area contributed by atoms with Gasteiger partial charge in [-0.2, -0.15) is 0 Å². The molecule has 2 atom stereocenters. The Morgan fingerprint density at radius 3 is 2.00 bits per heavy atom. The van der Waals surface area contributed by atoms with Crippen LogP contribution in [0.4, 0.5) is 0 Å². The first-order chi connectivity index (χ1) is 5.46. The van der Waals surface area contributed by atoms with Gasteiger partial charge in [0.1, 0.15) is 0 Å². The van der Waals surface area contributed by atoms with Gasteiger partial charge in [-0.05, 0) is 36.0 Å². The van der Waals surface area contributed by atoms with Gasteiger partial charge in [-0.15, -0.1) is 0 Å². The average Bonchev–Trinajstić information content (AvgIpc) is 2.02. The van der Waals surface area contributed by atoms with Crippen LogP contribution in [0.2, 0.25) is 0 Å². The quantitative estimate of drug-likeness (QED) is 0.595. The maximum absolute atomic E-state index is 2.41. The average molecular weight is 168 g/mol. The molecule has 12 heavy (non-hydrogen) atoms. The van der Waals surface area contributed by atoms with Crippen LogP contribution in [0.5, 0.6) is 0 Å². The van der Waals surface area contributed by atoms with Crippen molar-refractivity contribution >= 4 is 0 Å². The zero-order chi connectivity index (χ0) is 9.35. The molecule has 0 spiro atoms. The van der Waals surface area contributed by atoms with E-state index in [2.05, 4.69) is 34.6 Å². The molecule has 72 valence electrons. The lowest BCUT2D eigenvalue weighted by atomic mass is 9.61. The molecule has 0 amide bonds. The molecule has 0 aromatic rings. The van der Waals surface area contributed by atoms with E-state index >= 15 is 0 Å². The van der Waals surface area contributed by atoms with Crippen molar-refractivity contribution in [3.05, 3.63) is 0 Å². The maximum atomic E-state index is 2.41. The van der Waals surface area contributed by atoms with E-state index in [0.717, 1.165) is 17.8 Å². The molecule has 0 heterocycles. The summed E-state index contributed by atoms with van der Waals surface area (Å²) >= 11 is 0. The number of hydrogen-bond acceptors (Lipinski definition) is 0. The molecule has 0 aliphatic heterocycles. The smallest absolute Gasteiger partial charge is 0.0354 e. The monoisotopic (exact) mass is 168 g/mol. The van der Waals surface area contributed by atoms with Crippen LogP contribution >= 0.6 is 0 Å². The predicted octanol–water partition coefficient (Wildman–Crippen LogP) is 4.10. The second-order valence-electron chi connectivity index (χ2n) is 5.58. The lowest BCUT2D eigenvalue weighted by Gasteiger charge is -2.45. The molecule has 1 rings (SSSR count). The summed E-state index contributed by atoms with van der Waals surface area (Å²) < 4.78 is 0. The Hall–Kier alpha value is 0. The van der Waals surface area contributed by atoms with Gasteiger partial charge in [-0.3, -0.25) is 0 Å². The molecule has 1 saturated carbocycles. The summed E-state index contributed by atoms with van der Waals surface area (Å²) in [7, 11) is 0. The van der Waals surface area contributed by atoms with Gasteiger partial charge in [0, 0.05) is 0 Å². The summed E-state index contributed by atoms with van der Waals surface area (Å²) in [5.41, 5.74) is 0.577. The molecule has 2 unspecified atom stereocenters. The molecule has 0 aromatic heterocycles. The standard InChI is InChI=1S/C12H24/c1-6-12(4,5)8-11-9(2)7-10(11)3/h9-11H,6-8H2,1-5H3. The van der Waals surface area contributed by atoms with Gasteiger partial charge in [-0.25, -0.2) is 0 Å². The Morgan fingerprint density at radius 2 is 1.67 bits per heavy atom. The molecular weight excluding hydrogens is 144 g/mol. The van der Waals surface area contributed by atoms with E-state index in [0.29, 0.717) is 5.41 Å². The Labute approximate surface area is 77.7 Å². The molecule has 1 fully saturated rings. The van der Waals surface area contributed by atoms with Crippen molar-refractivity contribution in [1.82, 2.24) is 0 Å². The van der Waals surface area contributed by atoms with Crippen LogP contribution in [-0.4, -0.2) is 0 Å². The molecule has 0 saturated heterocycles. The fraction of sp³-hybridized carbons (Fsp3) is 1.00. The molecule has 0 N–H and O–H groups in total. The Kier molecular flexibility index (Phi) is 2.85. The number of hydrogen-bond donors (Lipinski definition) is 0. The van der Waals surface area contributed by atoms with E-state index in [-0.39, 0.29) is 0 Å². The van der Waals surface area contributed by atoms with Gasteiger partial charge < -0.3 is 0 Å². The summed E-state index contributed by atoms with van der Waals surface area (Å²) in [4.78, 5) is 0. The van der Waals surface area contributed by atoms with Crippen molar-refractivity contribution in [3.8, 4) is 0 Å². The van der Waals surface area contributed by atoms with Crippen LogP contribution in [0.3, 0.4) is 0 Å². The van der Waals surface area contributed by atoms with E-state index in [1.807, 2.05) is 0 Å². The Morgan fingerprint density at radius 1 is 1.17 bits per heavy atom. The summed E-state index contributed by atoms with van der Waals surface area (Å²) in [5, 5.41) is 0. The fourth-order valence-corrected chi connectivity index (χ4v) is 2.49. The molecule has 1 aliphatic carbocycles. The molecule has 0 bridgehead atoms. The largest absolute Gasteiger partial charge is 0.0649 e. The van der Waals surface area contributed by atoms with E-state index in [1.165, 1.54) is 19.3 Å². The van der Waals surface area contributed by atoms with Gasteiger partial charge >= 0.3 is 0 Å². The van der Waals surface area contributed by atoms with Gasteiger partial charge in [0.25, 0.3) is 0 Å². The highest BCUT2D eigenvalue weighted by Crippen LogP contribution is 2.46. The highest BCUT2D eigenvalue weighted by atomic mass is 14.4. The second-order valence-corrected chi connectivity index (χ2v) is 5.58. The zero-order valence-corrected chi connectivity index (χ0v) is 9.35. The third kappa shape index (κ3) is 2.02. The van der Waals surface area contributed by atoms with Crippen molar-refractivity contribution in [3.63, 3.8) is 0 Å². The van der Waals surface area contributed by atoms with Crippen LogP contribution < -0.4 is 0 Å². The summed E-state index contributed by atoms with van der Waals surface area (Å²) in [6.07, 6.45) is 4.22. The van der Waals surface area contributed by atoms with Gasteiger partial charge in [-0.1, -0.05) is 41.0 Å². The first-order valence-corrected chi connectivity index (χ1v) is 5.46. The number of rotatable bonds is 3. The Bertz CT molecular complexity index is 138. The summed E-state index contributed by atoms with van der Waals surface area (Å²) in [6.45, 7) is 12.0. The zero-order valence-electron chi connectivity index (χ0n) is 9.35. The minimum Gasteiger partial charge on any atom is -0.0649 e. The SMILES string of the molecule is CCC(C)(C)CC1C(C)CC1C.